The van der Waals surface area contributed by atoms with Crippen LogP contribution in [0.4, 0.5) is 14.5 Å². The third-order valence-electron chi connectivity index (χ3n) is 3.34. The number of carbonyl (C=O) groups is 1. The van der Waals surface area contributed by atoms with Crippen LogP contribution in [0.15, 0.2) is 42.7 Å². The van der Waals surface area contributed by atoms with E-state index in [9.17, 15) is 13.6 Å². The molecule has 0 aliphatic heterocycles. The number of nitrogens with one attached hydrogen (secondary N) is 1. The van der Waals surface area contributed by atoms with Gasteiger partial charge in [0, 0.05) is 11.8 Å². The highest BCUT2D eigenvalue weighted by molar-refractivity contribution is 6.01. The van der Waals surface area contributed by atoms with Gasteiger partial charge in [-0.1, -0.05) is 6.07 Å². The summed E-state index contributed by atoms with van der Waals surface area (Å²) in [6, 6.07) is 8.97. The van der Waals surface area contributed by atoms with Gasteiger partial charge < -0.3 is 5.32 Å². The Kier molecular flexibility index (Phi) is 4.07. The molecule has 0 fully saturated rings. The van der Waals surface area contributed by atoms with Crippen molar-refractivity contribution in [1.82, 2.24) is 14.8 Å². The van der Waals surface area contributed by atoms with Crippen LogP contribution in [0, 0.1) is 25.5 Å². The highest BCUT2D eigenvalue weighted by Gasteiger charge is 2.13. The Labute approximate surface area is 137 Å². The van der Waals surface area contributed by atoms with Crippen LogP contribution in [-0.4, -0.2) is 20.7 Å². The number of aryl methyl sites for hydroxylation is 2. The SMILES string of the molecule is Cc1cc(C)cc(NC(=O)c2ncn(-c3ccc(F)c(F)c3)n2)c1. The number of rotatable bonds is 3. The molecule has 0 saturated carbocycles. The fourth-order valence-corrected chi connectivity index (χ4v) is 2.35. The van der Waals surface area contributed by atoms with Crippen LogP contribution in [0.3, 0.4) is 0 Å². The zero-order valence-electron chi connectivity index (χ0n) is 13.0. The zero-order chi connectivity index (χ0) is 17.3. The topological polar surface area (TPSA) is 59.8 Å². The first-order chi connectivity index (χ1) is 11.4. The zero-order valence-corrected chi connectivity index (χ0v) is 13.0. The van der Waals surface area contributed by atoms with Crippen LogP contribution in [0.2, 0.25) is 0 Å². The lowest BCUT2D eigenvalue weighted by molar-refractivity contribution is 0.101. The van der Waals surface area contributed by atoms with Crippen molar-refractivity contribution < 1.29 is 13.6 Å². The first-order valence-corrected chi connectivity index (χ1v) is 7.19. The van der Waals surface area contributed by atoms with Crippen molar-refractivity contribution in [2.24, 2.45) is 0 Å². The number of hydrogen-bond donors (Lipinski definition) is 1. The Morgan fingerprint density at radius 1 is 1.04 bits per heavy atom. The molecule has 0 radical (unpaired) electrons. The van der Waals surface area contributed by atoms with Crippen molar-refractivity contribution >= 4 is 11.6 Å². The van der Waals surface area contributed by atoms with Gasteiger partial charge in [-0.05, 0) is 49.2 Å². The number of hydrogen-bond acceptors (Lipinski definition) is 3. The van der Waals surface area contributed by atoms with Crippen LogP contribution >= 0.6 is 0 Å². The van der Waals surface area contributed by atoms with Gasteiger partial charge in [-0.3, -0.25) is 4.79 Å². The van der Waals surface area contributed by atoms with Gasteiger partial charge in [-0.15, -0.1) is 5.10 Å². The summed E-state index contributed by atoms with van der Waals surface area (Å²) < 4.78 is 27.5. The van der Waals surface area contributed by atoms with Gasteiger partial charge in [-0.2, -0.15) is 0 Å². The van der Waals surface area contributed by atoms with E-state index in [1.54, 1.807) is 0 Å². The van der Waals surface area contributed by atoms with E-state index in [2.05, 4.69) is 15.4 Å². The molecule has 1 aromatic heterocycles. The molecular weight excluding hydrogens is 314 g/mol. The molecule has 0 saturated heterocycles. The summed E-state index contributed by atoms with van der Waals surface area (Å²) in [6.45, 7) is 3.86. The minimum absolute atomic E-state index is 0.0705. The minimum Gasteiger partial charge on any atom is -0.319 e. The van der Waals surface area contributed by atoms with Crippen molar-refractivity contribution in [2.75, 3.05) is 5.32 Å². The fourth-order valence-electron chi connectivity index (χ4n) is 2.35. The summed E-state index contributed by atoms with van der Waals surface area (Å²) in [6.07, 6.45) is 1.27. The fraction of sp³-hybridized carbons (Fsp3) is 0.118. The molecule has 122 valence electrons. The Hall–Kier alpha value is -3.09. The lowest BCUT2D eigenvalue weighted by Crippen LogP contribution is -2.14. The summed E-state index contributed by atoms with van der Waals surface area (Å²) in [5.74, 6) is -2.50. The Morgan fingerprint density at radius 2 is 1.75 bits per heavy atom. The Morgan fingerprint density at radius 3 is 2.42 bits per heavy atom. The van der Waals surface area contributed by atoms with Gasteiger partial charge in [0.25, 0.3) is 5.91 Å². The number of halogens is 2. The van der Waals surface area contributed by atoms with E-state index in [1.165, 1.54) is 17.1 Å². The largest absolute Gasteiger partial charge is 0.319 e. The number of aromatic nitrogens is 3. The minimum atomic E-state index is -0.996. The lowest BCUT2D eigenvalue weighted by atomic mass is 10.1. The molecule has 24 heavy (non-hydrogen) atoms. The molecule has 7 heteroatoms. The molecule has 5 nitrogen and oxygen atoms in total. The van der Waals surface area contributed by atoms with Crippen LogP contribution < -0.4 is 5.32 Å². The lowest BCUT2D eigenvalue weighted by Gasteiger charge is -2.05. The smallest absolute Gasteiger partial charge is 0.295 e. The quantitative estimate of drug-likeness (QED) is 0.801. The Balaban J connectivity index is 1.81. The van der Waals surface area contributed by atoms with E-state index >= 15 is 0 Å². The second kappa shape index (κ2) is 6.19. The molecule has 1 heterocycles. The highest BCUT2D eigenvalue weighted by Crippen LogP contribution is 2.15. The molecule has 0 aliphatic carbocycles. The standard InChI is InChI=1S/C17H14F2N4O/c1-10-5-11(2)7-12(6-10)21-17(24)16-20-9-23(22-16)13-3-4-14(18)15(19)8-13/h3-9H,1-2H3,(H,21,24). The first-order valence-electron chi connectivity index (χ1n) is 7.19. The van der Waals surface area contributed by atoms with Gasteiger partial charge in [0.1, 0.15) is 6.33 Å². The monoisotopic (exact) mass is 328 g/mol. The summed E-state index contributed by atoms with van der Waals surface area (Å²) >= 11 is 0. The van der Waals surface area contributed by atoms with E-state index in [1.807, 2.05) is 32.0 Å². The first kappa shape index (κ1) is 15.8. The average molecular weight is 328 g/mol. The van der Waals surface area contributed by atoms with Crippen molar-refractivity contribution in [1.29, 1.82) is 0 Å². The normalized spacial score (nSPS) is 10.7. The summed E-state index contributed by atoms with van der Waals surface area (Å²) in [5, 5.41) is 6.71. The second-order valence-electron chi connectivity index (χ2n) is 5.44. The maximum atomic E-state index is 13.3. The van der Waals surface area contributed by atoms with E-state index in [-0.39, 0.29) is 11.5 Å². The van der Waals surface area contributed by atoms with Gasteiger partial charge in [-0.25, -0.2) is 18.4 Å². The van der Waals surface area contributed by atoms with E-state index in [0.29, 0.717) is 5.69 Å². The van der Waals surface area contributed by atoms with Crippen LogP contribution in [0.5, 0.6) is 0 Å². The van der Waals surface area contributed by atoms with Gasteiger partial charge in [0.05, 0.1) is 5.69 Å². The van der Waals surface area contributed by atoms with Gasteiger partial charge in [0.2, 0.25) is 5.82 Å². The van der Waals surface area contributed by atoms with Crippen LogP contribution in [0.25, 0.3) is 5.69 Å². The van der Waals surface area contributed by atoms with E-state index in [0.717, 1.165) is 23.3 Å². The van der Waals surface area contributed by atoms with Gasteiger partial charge >= 0.3 is 0 Å². The maximum absolute atomic E-state index is 13.3. The predicted octanol–water partition coefficient (Wildman–Crippen LogP) is 3.41. The van der Waals surface area contributed by atoms with Crippen LogP contribution in [-0.2, 0) is 0 Å². The number of anilines is 1. The van der Waals surface area contributed by atoms with Crippen molar-refractivity contribution in [2.45, 2.75) is 13.8 Å². The molecule has 2 aromatic carbocycles. The molecule has 0 bridgehead atoms. The molecule has 0 spiro atoms. The van der Waals surface area contributed by atoms with E-state index < -0.39 is 17.5 Å². The van der Waals surface area contributed by atoms with E-state index in [4.69, 9.17) is 0 Å². The number of benzene rings is 2. The average Bonchev–Trinajstić information content (AvgIpc) is 2.99. The molecule has 1 N–H and O–H groups in total. The summed E-state index contributed by atoms with van der Waals surface area (Å²) in [5.41, 5.74) is 2.95. The van der Waals surface area contributed by atoms with Crippen LogP contribution in [0.1, 0.15) is 21.7 Å². The molecule has 3 aromatic rings. The molecular formula is C17H14F2N4O. The molecule has 0 aliphatic rings. The number of amides is 1. The molecule has 0 atom stereocenters. The third-order valence-corrected chi connectivity index (χ3v) is 3.34. The summed E-state index contributed by atoms with van der Waals surface area (Å²) in [7, 11) is 0. The second-order valence-corrected chi connectivity index (χ2v) is 5.44. The van der Waals surface area contributed by atoms with Crippen molar-refractivity contribution in [3.63, 3.8) is 0 Å². The molecule has 3 rings (SSSR count). The van der Waals surface area contributed by atoms with Gasteiger partial charge in [0.15, 0.2) is 11.6 Å². The third kappa shape index (κ3) is 3.29. The molecule has 1 amide bonds. The maximum Gasteiger partial charge on any atom is 0.295 e. The van der Waals surface area contributed by atoms with Crippen molar-refractivity contribution in [3.05, 3.63) is 71.3 Å². The number of nitrogens with zero attached hydrogens (tertiary/aromatic N) is 3. The Bertz CT molecular complexity index is 900. The predicted molar refractivity (Wildman–Crippen MR) is 85.1 cm³/mol. The molecule has 0 unspecified atom stereocenters. The highest BCUT2D eigenvalue weighted by atomic mass is 19.2. The number of carbonyl (C=O) groups excluding carboxylic acids is 1. The van der Waals surface area contributed by atoms with Crippen molar-refractivity contribution in [3.8, 4) is 5.69 Å². The summed E-state index contributed by atoms with van der Waals surface area (Å²) in [4.78, 5) is 16.1.